The van der Waals surface area contributed by atoms with Crippen molar-refractivity contribution in [2.24, 2.45) is 0 Å². The molecule has 140 valence electrons. The lowest BCUT2D eigenvalue weighted by Gasteiger charge is -2.29. The number of aromatic nitrogens is 1. The van der Waals surface area contributed by atoms with Gasteiger partial charge in [0, 0.05) is 31.9 Å². The number of carbonyl (C=O) groups is 1. The number of nitrogens with one attached hydrogen (secondary N) is 1. The van der Waals surface area contributed by atoms with Crippen molar-refractivity contribution in [2.45, 2.75) is 26.4 Å². The molecule has 26 heavy (non-hydrogen) atoms. The SMILES string of the molecule is Cc1cc(CN(C)C(=O)NC(C)c2ccc(N3CCOCC3)cc2)no1. The predicted molar refractivity (Wildman–Crippen MR) is 99.1 cm³/mol. The van der Waals surface area contributed by atoms with Crippen LogP contribution in [-0.4, -0.2) is 49.4 Å². The van der Waals surface area contributed by atoms with Crippen LogP contribution in [0.1, 0.15) is 30.0 Å². The van der Waals surface area contributed by atoms with Crippen LogP contribution < -0.4 is 10.2 Å². The van der Waals surface area contributed by atoms with Gasteiger partial charge in [-0.3, -0.25) is 0 Å². The maximum Gasteiger partial charge on any atom is 0.317 e. The fourth-order valence-electron chi connectivity index (χ4n) is 2.98. The minimum absolute atomic E-state index is 0.0808. The Morgan fingerprint density at radius 1 is 1.31 bits per heavy atom. The second-order valence-corrected chi connectivity index (χ2v) is 6.65. The Hall–Kier alpha value is -2.54. The lowest BCUT2D eigenvalue weighted by molar-refractivity contribution is 0.122. The van der Waals surface area contributed by atoms with Crippen molar-refractivity contribution in [3.63, 3.8) is 0 Å². The molecule has 0 spiro atoms. The molecule has 2 amide bonds. The van der Waals surface area contributed by atoms with E-state index in [1.54, 1.807) is 11.9 Å². The molecule has 3 rings (SSSR count). The highest BCUT2D eigenvalue weighted by molar-refractivity contribution is 5.74. The molecule has 1 aromatic heterocycles. The third-order valence-corrected chi connectivity index (χ3v) is 4.53. The first-order valence-electron chi connectivity index (χ1n) is 8.89. The standard InChI is InChI=1S/C19H26N4O3/c1-14-12-17(21-26-14)13-22(3)19(24)20-15(2)16-4-6-18(7-5-16)23-8-10-25-11-9-23/h4-7,12,15H,8-11,13H2,1-3H3,(H,20,24). The minimum Gasteiger partial charge on any atom is -0.378 e. The molecule has 1 saturated heterocycles. The lowest BCUT2D eigenvalue weighted by atomic mass is 10.1. The molecule has 1 aliphatic rings. The Balaban J connectivity index is 1.54. The quantitative estimate of drug-likeness (QED) is 0.890. The number of anilines is 1. The highest BCUT2D eigenvalue weighted by atomic mass is 16.5. The number of ether oxygens (including phenoxy) is 1. The molecule has 1 aliphatic heterocycles. The molecule has 7 nitrogen and oxygen atoms in total. The molecule has 2 aromatic rings. The summed E-state index contributed by atoms with van der Waals surface area (Å²) < 4.78 is 10.4. The van der Waals surface area contributed by atoms with E-state index in [9.17, 15) is 4.79 Å². The van der Waals surface area contributed by atoms with E-state index in [1.807, 2.05) is 19.9 Å². The number of hydrogen-bond acceptors (Lipinski definition) is 5. The minimum atomic E-state index is -0.143. The second-order valence-electron chi connectivity index (χ2n) is 6.65. The van der Waals surface area contributed by atoms with E-state index in [2.05, 4.69) is 39.6 Å². The molecule has 1 aromatic carbocycles. The first kappa shape index (κ1) is 18.3. The number of urea groups is 1. The number of nitrogens with zero attached hydrogens (tertiary/aromatic N) is 3. The normalized spacial score (nSPS) is 15.6. The van der Waals surface area contributed by atoms with E-state index in [-0.39, 0.29) is 12.1 Å². The first-order chi connectivity index (χ1) is 12.5. The molecule has 7 heteroatoms. The molecule has 1 atom stereocenters. The summed E-state index contributed by atoms with van der Waals surface area (Å²) in [4.78, 5) is 16.3. The second kappa shape index (κ2) is 8.23. The van der Waals surface area contributed by atoms with Gasteiger partial charge in [0.2, 0.25) is 0 Å². The van der Waals surface area contributed by atoms with Crippen molar-refractivity contribution in [2.75, 3.05) is 38.3 Å². The van der Waals surface area contributed by atoms with Crippen molar-refractivity contribution < 1.29 is 14.1 Å². The number of hydrogen-bond donors (Lipinski definition) is 1. The van der Waals surface area contributed by atoms with Gasteiger partial charge in [-0.15, -0.1) is 0 Å². The maximum atomic E-state index is 12.4. The summed E-state index contributed by atoms with van der Waals surface area (Å²) in [5.41, 5.74) is 3.00. The van der Waals surface area contributed by atoms with E-state index in [0.29, 0.717) is 6.54 Å². The third-order valence-electron chi connectivity index (χ3n) is 4.53. The van der Waals surface area contributed by atoms with Gasteiger partial charge in [-0.1, -0.05) is 17.3 Å². The molecule has 1 fully saturated rings. The fourth-order valence-corrected chi connectivity index (χ4v) is 2.98. The Bertz CT molecular complexity index is 723. The number of amides is 2. The lowest BCUT2D eigenvalue weighted by Crippen LogP contribution is -2.38. The zero-order valence-electron chi connectivity index (χ0n) is 15.6. The Morgan fingerprint density at radius 3 is 2.62 bits per heavy atom. The smallest absolute Gasteiger partial charge is 0.317 e. The largest absolute Gasteiger partial charge is 0.378 e. The van der Waals surface area contributed by atoms with E-state index in [1.165, 1.54) is 5.69 Å². The first-order valence-corrected chi connectivity index (χ1v) is 8.89. The Labute approximate surface area is 153 Å². The van der Waals surface area contributed by atoms with Crippen molar-refractivity contribution in [1.29, 1.82) is 0 Å². The van der Waals surface area contributed by atoms with Crippen LogP contribution in [0, 0.1) is 6.92 Å². The summed E-state index contributed by atoms with van der Waals surface area (Å²) in [6.45, 7) is 7.59. The third kappa shape index (κ3) is 4.54. The van der Waals surface area contributed by atoms with Crippen molar-refractivity contribution in [1.82, 2.24) is 15.4 Å². The number of aryl methyl sites for hydroxylation is 1. The van der Waals surface area contributed by atoms with Gasteiger partial charge in [-0.25, -0.2) is 4.79 Å². The summed E-state index contributed by atoms with van der Waals surface area (Å²) in [7, 11) is 1.74. The number of carbonyl (C=O) groups excluding carboxylic acids is 1. The zero-order valence-corrected chi connectivity index (χ0v) is 15.6. The molecule has 1 N–H and O–H groups in total. The van der Waals surface area contributed by atoms with Gasteiger partial charge in [0.05, 0.1) is 25.8 Å². The summed E-state index contributed by atoms with van der Waals surface area (Å²) in [5, 5.41) is 6.94. The molecular formula is C19H26N4O3. The monoisotopic (exact) mass is 358 g/mol. The average molecular weight is 358 g/mol. The fraction of sp³-hybridized carbons (Fsp3) is 0.474. The number of morpholine rings is 1. The summed E-state index contributed by atoms with van der Waals surface area (Å²) in [6, 6.07) is 9.94. The molecule has 0 saturated carbocycles. The molecule has 0 aliphatic carbocycles. The van der Waals surface area contributed by atoms with Crippen LogP contribution in [-0.2, 0) is 11.3 Å². The van der Waals surface area contributed by atoms with E-state index in [4.69, 9.17) is 9.26 Å². The molecule has 1 unspecified atom stereocenters. The van der Waals surface area contributed by atoms with Crippen molar-refractivity contribution in [3.8, 4) is 0 Å². The topological polar surface area (TPSA) is 70.8 Å². The van der Waals surface area contributed by atoms with Gasteiger partial charge in [0.25, 0.3) is 0 Å². The Kier molecular flexibility index (Phi) is 5.78. The highest BCUT2D eigenvalue weighted by Gasteiger charge is 2.16. The molecule has 0 bridgehead atoms. The highest BCUT2D eigenvalue weighted by Crippen LogP contribution is 2.20. The van der Waals surface area contributed by atoms with E-state index in [0.717, 1.165) is 43.3 Å². The van der Waals surface area contributed by atoms with Gasteiger partial charge in [0.1, 0.15) is 11.5 Å². The van der Waals surface area contributed by atoms with Crippen LogP contribution in [0.3, 0.4) is 0 Å². The summed E-state index contributed by atoms with van der Waals surface area (Å²) >= 11 is 0. The van der Waals surface area contributed by atoms with Gasteiger partial charge >= 0.3 is 6.03 Å². The van der Waals surface area contributed by atoms with Crippen LogP contribution in [0.4, 0.5) is 10.5 Å². The van der Waals surface area contributed by atoms with Gasteiger partial charge in [0.15, 0.2) is 0 Å². The summed E-state index contributed by atoms with van der Waals surface area (Å²) in [6.07, 6.45) is 0. The van der Waals surface area contributed by atoms with Crippen LogP contribution in [0.25, 0.3) is 0 Å². The molecule has 2 heterocycles. The van der Waals surface area contributed by atoms with Crippen LogP contribution in [0.2, 0.25) is 0 Å². The van der Waals surface area contributed by atoms with Crippen molar-refractivity contribution in [3.05, 3.63) is 47.3 Å². The summed E-state index contributed by atoms with van der Waals surface area (Å²) in [5.74, 6) is 0.738. The van der Waals surface area contributed by atoms with E-state index < -0.39 is 0 Å². The van der Waals surface area contributed by atoms with Gasteiger partial charge in [-0.05, 0) is 31.5 Å². The Morgan fingerprint density at radius 2 is 2.00 bits per heavy atom. The number of benzene rings is 1. The van der Waals surface area contributed by atoms with Gasteiger partial charge in [-0.2, -0.15) is 0 Å². The molecular weight excluding hydrogens is 332 g/mol. The molecule has 0 radical (unpaired) electrons. The zero-order chi connectivity index (χ0) is 18.5. The van der Waals surface area contributed by atoms with Crippen molar-refractivity contribution >= 4 is 11.7 Å². The van der Waals surface area contributed by atoms with E-state index >= 15 is 0 Å². The average Bonchev–Trinajstić information content (AvgIpc) is 3.07. The van der Waals surface area contributed by atoms with Gasteiger partial charge < -0.3 is 24.4 Å². The van der Waals surface area contributed by atoms with Crippen LogP contribution >= 0.6 is 0 Å². The number of rotatable bonds is 5. The predicted octanol–water partition coefficient (Wildman–Crippen LogP) is 2.72. The van der Waals surface area contributed by atoms with Crippen LogP contribution in [0.15, 0.2) is 34.9 Å². The maximum absolute atomic E-state index is 12.4. The van der Waals surface area contributed by atoms with Crippen LogP contribution in [0.5, 0.6) is 0 Å².